The van der Waals surface area contributed by atoms with Gasteiger partial charge in [-0.3, -0.25) is 14.4 Å². The number of carboxylic acids is 1. The first-order chi connectivity index (χ1) is 14.8. The summed E-state index contributed by atoms with van der Waals surface area (Å²) in [7, 11) is 0. The lowest BCUT2D eigenvalue weighted by atomic mass is 10.0. The van der Waals surface area contributed by atoms with E-state index in [1.807, 2.05) is 30.3 Å². The van der Waals surface area contributed by atoms with Gasteiger partial charge in [0.15, 0.2) is 0 Å². The number of carbonyl (C=O) groups excluding carboxylic acids is 3. The van der Waals surface area contributed by atoms with Crippen LogP contribution in [0.25, 0.3) is 0 Å². The van der Waals surface area contributed by atoms with E-state index in [0.29, 0.717) is 19.4 Å². The average molecular weight is 469 g/mol. The normalized spacial score (nSPS) is 18.7. The van der Waals surface area contributed by atoms with Crippen molar-refractivity contribution in [1.82, 2.24) is 15.5 Å². The Balaban J connectivity index is 2.19. The van der Waals surface area contributed by atoms with Crippen LogP contribution in [0.3, 0.4) is 0 Å². The Bertz CT molecular complexity index is 795. The summed E-state index contributed by atoms with van der Waals surface area (Å²) in [5.74, 6) is -2.63. The molecule has 9 nitrogen and oxygen atoms in total. The molecule has 0 aliphatic carbocycles. The monoisotopic (exact) mass is 468 g/mol. The standard InChI is InChI=1S/C20H28N4O5S2/c21-13(10-30)17(25)22-14(9-12-5-2-1-3-6-12)19(27)24-8-4-7-16(24)18(26)23-15(11-31)20(28)29/h1-3,5-6,13-16,30-31H,4,7-11,21H2,(H,22,25)(H,23,26)(H,28,29). The van der Waals surface area contributed by atoms with Gasteiger partial charge in [0.05, 0.1) is 6.04 Å². The SMILES string of the molecule is NC(CS)C(=O)NC(Cc1ccccc1)C(=O)N1CCCC1C(=O)NC(CS)C(=O)O. The molecule has 1 aliphatic heterocycles. The van der Waals surface area contributed by atoms with Crippen molar-refractivity contribution in [2.24, 2.45) is 5.73 Å². The molecule has 170 valence electrons. The molecule has 1 aliphatic rings. The molecule has 1 aromatic carbocycles. The van der Waals surface area contributed by atoms with Crippen molar-refractivity contribution in [3.63, 3.8) is 0 Å². The number of thiol groups is 2. The van der Waals surface area contributed by atoms with E-state index in [4.69, 9.17) is 10.8 Å². The topological polar surface area (TPSA) is 142 Å². The molecule has 1 saturated heterocycles. The van der Waals surface area contributed by atoms with E-state index in [1.54, 1.807) is 0 Å². The van der Waals surface area contributed by atoms with Crippen LogP contribution in [-0.4, -0.2) is 75.9 Å². The number of amides is 3. The van der Waals surface area contributed by atoms with Crippen LogP contribution in [0, 0.1) is 0 Å². The molecule has 1 fully saturated rings. The predicted molar refractivity (Wildman–Crippen MR) is 122 cm³/mol. The Morgan fingerprint density at radius 1 is 1.10 bits per heavy atom. The minimum Gasteiger partial charge on any atom is -0.480 e. The van der Waals surface area contributed by atoms with Crippen LogP contribution in [0.5, 0.6) is 0 Å². The van der Waals surface area contributed by atoms with Gasteiger partial charge in [0.1, 0.15) is 18.1 Å². The Labute approximate surface area is 191 Å². The van der Waals surface area contributed by atoms with E-state index in [2.05, 4.69) is 35.9 Å². The number of carboxylic acid groups (broad SMARTS) is 1. The van der Waals surface area contributed by atoms with Crippen LogP contribution < -0.4 is 16.4 Å². The molecule has 1 heterocycles. The number of hydrogen-bond acceptors (Lipinski definition) is 7. The number of aliphatic carboxylic acids is 1. The summed E-state index contributed by atoms with van der Waals surface area (Å²) in [5.41, 5.74) is 6.58. The summed E-state index contributed by atoms with van der Waals surface area (Å²) in [4.78, 5) is 51.0. The Morgan fingerprint density at radius 3 is 2.35 bits per heavy atom. The van der Waals surface area contributed by atoms with Gasteiger partial charge in [-0.05, 0) is 18.4 Å². The third-order valence-corrected chi connectivity index (χ3v) is 5.82. The van der Waals surface area contributed by atoms with Gasteiger partial charge >= 0.3 is 5.97 Å². The molecule has 31 heavy (non-hydrogen) atoms. The van der Waals surface area contributed by atoms with Crippen LogP contribution in [0.2, 0.25) is 0 Å². The van der Waals surface area contributed by atoms with Crippen molar-refractivity contribution in [1.29, 1.82) is 0 Å². The number of nitrogens with zero attached hydrogens (tertiary/aromatic N) is 1. The Hall–Kier alpha value is -2.24. The minimum absolute atomic E-state index is 0.0734. The fraction of sp³-hybridized carbons (Fsp3) is 0.500. The first-order valence-electron chi connectivity index (χ1n) is 9.93. The second kappa shape index (κ2) is 12.0. The number of benzene rings is 1. The van der Waals surface area contributed by atoms with E-state index in [0.717, 1.165) is 5.56 Å². The fourth-order valence-electron chi connectivity index (χ4n) is 3.37. The first-order valence-corrected chi connectivity index (χ1v) is 11.2. The number of nitrogens with one attached hydrogen (secondary N) is 2. The van der Waals surface area contributed by atoms with Gasteiger partial charge in [-0.25, -0.2) is 4.79 Å². The highest BCUT2D eigenvalue weighted by Gasteiger charge is 2.39. The highest BCUT2D eigenvalue weighted by atomic mass is 32.1. The van der Waals surface area contributed by atoms with Crippen molar-refractivity contribution >= 4 is 48.9 Å². The van der Waals surface area contributed by atoms with Crippen molar-refractivity contribution in [2.75, 3.05) is 18.1 Å². The number of carbonyl (C=O) groups is 4. The number of hydrogen-bond donors (Lipinski definition) is 6. The third kappa shape index (κ3) is 6.88. The zero-order chi connectivity index (χ0) is 23.0. The molecular weight excluding hydrogens is 440 g/mol. The van der Waals surface area contributed by atoms with Crippen molar-refractivity contribution in [3.8, 4) is 0 Å². The lowest BCUT2D eigenvalue weighted by molar-refractivity contribution is -0.144. The van der Waals surface area contributed by atoms with Gasteiger partial charge < -0.3 is 26.4 Å². The number of likely N-dealkylation sites (tertiary alicyclic amines) is 1. The van der Waals surface area contributed by atoms with Crippen LogP contribution >= 0.6 is 25.3 Å². The van der Waals surface area contributed by atoms with Crippen LogP contribution in [-0.2, 0) is 25.6 Å². The molecule has 1 aromatic rings. The van der Waals surface area contributed by atoms with Crippen molar-refractivity contribution in [3.05, 3.63) is 35.9 Å². The van der Waals surface area contributed by atoms with Crippen LogP contribution in [0.15, 0.2) is 30.3 Å². The molecule has 4 atom stereocenters. The molecule has 3 amide bonds. The first kappa shape index (κ1) is 25.0. The molecule has 0 saturated carbocycles. The molecule has 2 rings (SSSR count). The van der Waals surface area contributed by atoms with Gasteiger partial charge in [0, 0.05) is 24.5 Å². The zero-order valence-corrected chi connectivity index (χ0v) is 18.7. The number of rotatable bonds is 10. The highest BCUT2D eigenvalue weighted by Crippen LogP contribution is 2.20. The molecular formula is C20H28N4O5S2. The quantitative estimate of drug-likeness (QED) is 0.255. The fourth-order valence-corrected chi connectivity index (χ4v) is 3.78. The van der Waals surface area contributed by atoms with E-state index in [9.17, 15) is 19.2 Å². The van der Waals surface area contributed by atoms with E-state index < -0.39 is 47.9 Å². The van der Waals surface area contributed by atoms with E-state index in [1.165, 1.54) is 4.90 Å². The summed E-state index contributed by atoms with van der Waals surface area (Å²) in [6.07, 6.45) is 1.22. The average Bonchev–Trinajstić information content (AvgIpc) is 3.26. The van der Waals surface area contributed by atoms with Crippen LogP contribution in [0.1, 0.15) is 18.4 Å². The van der Waals surface area contributed by atoms with Gasteiger partial charge in [0.2, 0.25) is 17.7 Å². The maximum Gasteiger partial charge on any atom is 0.327 e. The lowest BCUT2D eigenvalue weighted by Gasteiger charge is -2.30. The third-order valence-electron chi connectivity index (χ3n) is 5.07. The van der Waals surface area contributed by atoms with E-state index >= 15 is 0 Å². The largest absolute Gasteiger partial charge is 0.480 e. The summed E-state index contributed by atoms with van der Waals surface area (Å²) < 4.78 is 0. The van der Waals surface area contributed by atoms with Gasteiger partial charge in [-0.1, -0.05) is 30.3 Å². The summed E-state index contributed by atoms with van der Waals surface area (Å²) in [6.45, 7) is 0.329. The van der Waals surface area contributed by atoms with Crippen LogP contribution in [0.4, 0.5) is 0 Å². The second-order valence-corrected chi connectivity index (χ2v) is 8.04. The Kier molecular flexibility index (Phi) is 9.66. The highest BCUT2D eigenvalue weighted by molar-refractivity contribution is 7.80. The molecule has 0 aromatic heterocycles. The van der Waals surface area contributed by atoms with Gasteiger partial charge in [0.25, 0.3) is 0 Å². The van der Waals surface area contributed by atoms with E-state index in [-0.39, 0.29) is 17.9 Å². The molecule has 4 unspecified atom stereocenters. The molecule has 5 N–H and O–H groups in total. The molecule has 11 heteroatoms. The number of nitrogens with two attached hydrogens (primary N) is 1. The lowest BCUT2D eigenvalue weighted by Crippen LogP contribution is -2.57. The maximum atomic E-state index is 13.3. The Morgan fingerprint density at radius 2 is 1.77 bits per heavy atom. The van der Waals surface area contributed by atoms with Crippen molar-refractivity contribution in [2.45, 2.75) is 43.4 Å². The van der Waals surface area contributed by atoms with Gasteiger partial charge in [-0.2, -0.15) is 25.3 Å². The predicted octanol–water partition coefficient (Wildman–Crippen LogP) is -0.539. The molecule has 0 radical (unpaired) electrons. The summed E-state index contributed by atoms with van der Waals surface area (Å²) in [5, 5.41) is 14.3. The molecule has 0 spiro atoms. The minimum atomic E-state index is -1.20. The summed E-state index contributed by atoms with van der Waals surface area (Å²) >= 11 is 7.97. The van der Waals surface area contributed by atoms with Crippen molar-refractivity contribution < 1.29 is 24.3 Å². The maximum absolute atomic E-state index is 13.3. The van der Waals surface area contributed by atoms with Gasteiger partial charge in [-0.15, -0.1) is 0 Å². The molecule has 0 bridgehead atoms. The smallest absolute Gasteiger partial charge is 0.327 e. The summed E-state index contributed by atoms with van der Waals surface area (Å²) in [6, 6.07) is 5.41. The second-order valence-electron chi connectivity index (χ2n) is 7.31. The zero-order valence-electron chi connectivity index (χ0n) is 16.9.